The highest BCUT2D eigenvalue weighted by atomic mass is 32.1. The van der Waals surface area contributed by atoms with E-state index >= 15 is 0 Å². The van der Waals surface area contributed by atoms with E-state index in [1.54, 1.807) is 0 Å². The third-order valence-corrected chi connectivity index (χ3v) is 3.47. The molecule has 6 heteroatoms. The maximum absolute atomic E-state index is 10.6. The van der Waals surface area contributed by atoms with Gasteiger partial charge in [-0.3, -0.25) is 10.1 Å². The molecule has 0 saturated carbocycles. The lowest BCUT2D eigenvalue weighted by atomic mass is 10.1. The number of hydrogen-bond acceptors (Lipinski definition) is 5. The number of hydrogen-bond donors (Lipinski definition) is 1. The van der Waals surface area contributed by atoms with Crippen LogP contribution in [0.1, 0.15) is 24.1 Å². The summed E-state index contributed by atoms with van der Waals surface area (Å²) in [5, 5.41) is 14.3. The molecule has 94 valence electrons. The second kappa shape index (κ2) is 5.14. The molecule has 5 nitrogen and oxygen atoms in total. The first-order valence-electron chi connectivity index (χ1n) is 5.49. The first-order chi connectivity index (χ1) is 8.56. The van der Waals surface area contributed by atoms with Gasteiger partial charge in [0.1, 0.15) is 6.20 Å². The third-order valence-electron chi connectivity index (χ3n) is 2.59. The van der Waals surface area contributed by atoms with Gasteiger partial charge in [-0.25, -0.2) is 4.98 Å². The monoisotopic (exact) mass is 263 g/mol. The summed E-state index contributed by atoms with van der Waals surface area (Å²) < 4.78 is 0. The lowest BCUT2D eigenvalue weighted by Gasteiger charge is -2.13. The molecule has 0 radical (unpaired) electrons. The van der Waals surface area contributed by atoms with Crippen LogP contribution in [0.15, 0.2) is 30.5 Å². The van der Waals surface area contributed by atoms with Crippen molar-refractivity contribution in [2.24, 2.45) is 0 Å². The Hall–Kier alpha value is -1.95. The van der Waals surface area contributed by atoms with Crippen molar-refractivity contribution in [3.63, 3.8) is 0 Å². The normalized spacial score (nSPS) is 12.1. The first-order valence-corrected chi connectivity index (χ1v) is 6.31. The Morgan fingerprint density at radius 2 is 2.06 bits per heavy atom. The van der Waals surface area contributed by atoms with Crippen LogP contribution in [0, 0.1) is 17.0 Å². The van der Waals surface area contributed by atoms with E-state index in [-0.39, 0.29) is 11.0 Å². The average Bonchev–Trinajstić information content (AvgIpc) is 2.78. The molecule has 0 saturated heterocycles. The predicted octanol–water partition coefficient (Wildman–Crippen LogP) is 3.53. The maximum atomic E-state index is 10.6. The van der Waals surface area contributed by atoms with Gasteiger partial charge in [0.15, 0.2) is 5.13 Å². The largest absolute Gasteiger partial charge is 0.355 e. The number of benzene rings is 1. The topological polar surface area (TPSA) is 68.1 Å². The van der Waals surface area contributed by atoms with Crippen LogP contribution in [0.4, 0.5) is 10.1 Å². The van der Waals surface area contributed by atoms with Gasteiger partial charge < -0.3 is 5.32 Å². The maximum Gasteiger partial charge on any atom is 0.345 e. The van der Waals surface area contributed by atoms with E-state index in [0.29, 0.717) is 5.13 Å². The van der Waals surface area contributed by atoms with E-state index in [4.69, 9.17) is 0 Å². The zero-order valence-corrected chi connectivity index (χ0v) is 10.9. The van der Waals surface area contributed by atoms with Gasteiger partial charge in [0.05, 0.1) is 11.0 Å². The number of anilines is 1. The molecule has 0 fully saturated rings. The van der Waals surface area contributed by atoms with Crippen LogP contribution < -0.4 is 5.32 Å². The van der Waals surface area contributed by atoms with Crippen molar-refractivity contribution < 1.29 is 4.92 Å². The van der Waals surface area contributed by atoms with Gasteiger partial charge in [-0.05, 0) is 30.7 Å². The van der Waals surface area contributed by atoms with E-state index in [9.17, 15) is 10.1 Å². The van der Waals surface area contributed by atoms with Crippen molar-refractivity contribution in [1.82, 2.24) is 4.98 Å². The Labute approximate surface area is 109 Å². The van der Waals surface area contributed by atoms with Crippen LogP contribution in [0.3, 0.4) is 0 Å². The van der Waals surface area contributed by atoms with Crippen LogP contribution in [0.25, 0.3) is 0 Å². The summed E-state index contributed by atoms with van der Waals surface area (Å²) in [6, 6.07) is 8.22. The van der Waals surface area contributed by atoms with Crippen LogP contribution in [-0.4, -0.2) is 9.91 Å². The average molecular weight is 263 g/mol. The minimum absolute atomic E-state index is 0.0496. The van der Waals surface area contributed by atoms with E-state index < -0.39 is 4.92 Å². The quantitative estimate of drug-likeness (QED) is 0.676. The fraction of sp³-hybridized carbons (Fsp3) is 0.250. The Morgan fingerprint density at radius 3 is 2.61 bits per heavy atom. The summed E-state index contributed by atoms with van der Waals surface area (Å²) in [4.78, 5) is 14.1. The molecule has 1 aromatic carbocycles. The molecule has 0 amide bonds. The highest BCUT2D eigenvalue weighted by Crippen LogP contribution is 2.28. The SMILES string of the molecule is Cc1ccc(C(C)Nc2ncc([N+](=O)[O-])s2)cc1. The van der Waals surface area contributed by atoms with Gasteiger partial charge >= 0.3 is 5.00 Å². The molecule has 1 aromatic heterocycles. The number of rotatable bonds is 4. The lowest BCUT2D eigenvalue weighted by Crippen LogP contribution is -2.05. The second-order valence-electron chi connectivity index (χ2n) is 4.04. The fourth-order valence-corrected chi connectivity index (χ4v) is 2.26. The van der Waals surface area contributed by atoms with E-state index in [0.717, 1.165) is 16.9 Å². The molecule has 0 spiro atoms. The van der Waals surface area contributed by atoms with Gasteiger partial charge in [-0.1, -0.05) is 29.8 Å². The molecule has 0 aliphatic heterocycles. The number of nitro groups is 1. The van der Waals surface area contributed by atoms with Gasteiger partial charge in [-0.2, -0.15) is 0 Å². The Balaban J connectivity index is 2.08. The predicted molar refractivity (Wildman–Crippen MR) is 72.0 cm³/mol. The van der Waals surface area contributed by atoms with Crippen molar-refractivity contribution in [2.45, 2.75) is 19.9 Å². The number of nitrogens with one attached hydrogen (secondary N) is 1. The molecule has 2 rings (SSSR count). The minimum Gasteiger partial charge on any atom is -0.355 e. The molecular formula is C12H13N3O2S. The van der Waals surface area contributed by atoms with Crippen molar-refractivity contribution in [3.8, 4) is 0 Å². The minimum atomic E-state index is -0.431. The third kappa shape index (κ3) is 2.84. The summed E-state index contributed by atoms with van der Waals surface area (Å²) in [6.45, 7) is 4.03. The molecule has 2 aromatic rings. The summed E-state index contributed by atoms with van der Waals surface area (Å²) in [6.07, 6.45) is 1.27. The van der Waals surface area contributed by atoms with Crippen molar-refractivity contribution >= 4 is 21.5 Å². The van der Waals surface area contributed by atoms with E-state index in [1.165, 1.54) is 11.8 Å². The summed E-state index contributed by atoms with van der Waals surface area (Å²) in [5.41, 5.74) is 2.33. The molecule has 0 bridgehead atoms. The Kier molecular flexibility index (Phi) is 3.57. The molecule has 1 heterocycles. The number of aromatic nitrogens is 1. The van der Waals surface area contributed by atoms with Crippen molar-refractivity contribution in [3.05, 3.63) is 51.7 Å². The van der Waals surface area contributed by atoms with Gasteiger partial charge in [0.25, 0.3) is 0 Å². The molecular weight excluding hydrogens is 250 g/mol. The lowest BCUT2D eigenvalue weighted by molar-refractivity contribution is -0.380. The van der Waals surface area contributed by atoms with Crippen molar-refractivity contribution in [2.75, 3.05) is 5.32 Å². The van der Waals surface area contributed by atoms with Crippen molar-refractivity contribution in [1.29, 1.82) is 0 Å². The van der Waals surface area contributed by atoms with Crippen LogP contribution in [0.2, 0.25) is 0 Å². The number of aryl methyl sites for hydroxylation is 1. The summed E-state index contributed by atoms with van der Waals surface area (Å²) >= 11 is 1.05. The molecule has 0 aliphatic rings. The smallest absolute Gasteiger partial charge is 0.345 e. The molecule has 18 heavy (non-hydrogen) atoms. The number of thiazole rings is 1. The zero-order chi connectivity index (χ0) is 13.1. The standard InChI is InChI=1S/C12H13N3O2S/c1-8-3-5-10(6-4-8)9(2)14-12-13-7-11(18-12)15(16)17/h3-7,9H,1-2H3,(H,13,14). The highest BCUT2D eigenvalue weighted by Gasteiger charge is 2.13. The van der Waals surface area contributed by atoms with Gasteiger partial charge in [0, 0.05) is 0 Å². The zero-order valence-electron chi connectivity index (χ0n) is 10.1. The Bertz CT molecular complexity index is 551. The van der Waals surface area contributed by atoms with Crippen LogP contribution in [0.5, 0.6) is 0 Å². The van der Waals surface area contributed by atoms with Gasteiger partial charge in [0.2, 0.25) is 0 Å². The summed E-state index contributed by atoms with van der Waals surface area (Å²) in [7, 11) is 0. The summed E-state index contributed by atoms with van der Waals surface area (Å²) in [5.74, 6) is 0. The van der Waals surface area contributed by atoms with Crippen LogP contribution in [-0.2, 0) is 0 Å². The highest BCUT2D eigenvalue weighted by molar-refractivity contribution is 7.18. The first kappa shape index (κ1) is 12.5. The van der Waals surface area contributed by atoms with Crippen LogP contribution >= 0.6 is 11.3 Å². The second-order valence-corrected chi connectivity index (χ2v) is 5.05. The molecule has 1 unspecified atom stereocenters. The van der Waals surface area contributed by atoms with E-state index in [1.807, 2.05) is 38.1 Å². The molecule has 1 atom stereocenters. The Morgan fingerprint density at radius 1 is 1.39 bits per heavy atom. The fourth-order valence-electron chi connectivity index (χ4n) is 1.54. The molecule has 0 aliphatic carbocycles. The van der Waals surface area contributed by atoms with Gasteiger partial charge in [-0.15, -0.1) is 0 Å². The number of nitrogens with zero attached hydrogens (tertiary/aromatic N) is 2. The molecule has 1 N–H and O–H groups in total. The van der Waals surface area contributed by atoms with E-state index in [2.05, 4.69) is 10.3 Å².